The van der Waals surface area contributed by atoms with Crippen molar-refractivity contribution in [1.82, 2.24) is 0 Å². The van der Waals surface area contributed by atoms with Crippen LogP contribution in [0.1, 0.15) is 50.6 Å². The fourth-order valence-corrected chi connectivity index (χ4v) is 4.29. The first-order valence-electron chi connectivity index (χ1n) is 7.32. The van der Waals surface area contributed by atoms with Crippen molar-refractivity contribution in [2.45, 2.75) is 45.1 Å². The van der Waals surface area contributed by atoms with Crippen LogP contribution in [-0.4, -0.2) is 14.2 Å². The lowest BCUT2D eigenvalue weighted by Crippen LogP contribution is -2.24. The third kappa shape index (κ3) is 4.49. The van der Waals surface area contributed by atoms with Crippen molar-refractivity contribution in [3.8, 4) is 0 Å². The third-order valence-corrected chi connectivity index (χ3v) is 5.32. The molecule has 1 saturated carbocycles. The average molecular weight is 296 g/mol. The van der Waals surface area contributed by atoms with Crippen LogP contribution in [0.2, 0.25) is 0 Å². The minimum atomic E-state index is -3.27. The molecule has 0 radical (unpaired) electrons. The molecule has 0 aliphatic heterocycles. The molecule has 0 spiro atoms. The molecular formula is C15H24N2O2S. The minimum Gasteiger partial charge on any atom is -0.324 e. The SMILES string of the molecule is CC(N)c1cccc(NS(=O)(=O)CC2CCCCC2)c1. The fourth-order valence-electron chi connectivity index (χ4n) is 2.77. The van der Waals surface area contributed by atoms with Crippen molar-refractivity contribution < 1.29 is 8.42 Å². The van der Waals surface area contributed by atoms with Crippen LogP contribution in [0.15, 0.2) is 24.3 Å². The van der Waals surface area contributed by atoms with Gasteiger partial charge < -0.3 is 5.73 Å². The number of rotatable bonds is 5. The Kier molecular flexibility index (Phi) is 5.05. The number of anilines is 1. The Hall–Kier alpha value is -1.07. The van der Waals surface area contributed by atoms with Gasteiger partial charge in [-0.2, -0.15) is 0 Å². The van der Waals surface area contributed by atoms with Crippen molar-refractivity contribution in [3.63, 3.8) is 0 Å². The van der Waals surface area contributed by atoms with E-state index < -0.39 is 10.0 Å². The van der Waals surface area contributed by atoms with Crippen LogP contribution in [0.5, 0.6) is 0 Å². The second-order valence-corrected chi connectivity index (χ2v) is 7.57. The molecule has 1 aliphatic carbocycles. The van der Waals surface area contributed by atoms with E-state index in [2.05, 4.69) is 4.72 Å². The molecule has 1 atom stereocenters. The summed E-state index contributed by atoms with van der Waals surface area (Å²) in [5.41, 5.74) is 7.36. The zero-order valence-corrected chi connectivity index (χ0v) is 12.8. The first-order chi connectivity index (χ1) is 9.46. The van der Waals surface area contributed by atoms with Crippen LogP contribution in [0.25, 0.3) is 0 Å². The highest BCUT2D eigenvalue weighted by Gasteiger charge is 2.21. The van der Waals surface area contributed by atoms with Crippen LogP contribution in [-0.2, 0) is 10.0 Å². The number of benzene rings is 1. The van der Waals surface area contributed by atoms with Gasteiger partial charge in [0.25, 0.3) is 0 Å². The molecule has 0 bridgehead atoms. The number of hydrogen-bond donors (Lipinski definition) is 2. The van der Waals surface area contributed by atoms with Crippen LogP contribution in [0, 0.1) is 5.92 Å². The van der Waals surface area contributed by atoms with Crippen LogP contribution >= 0.6 is 0 Å². The summed E-state index contributed by atoms with van der Waals surface area (Å²) in [6.07, 6.45) is 5.60. The maximum absolute atomic E-state index is 12.2. The van der Waals surface area contributed by atoms with Crippen LogP contribution < -0.4 is 10.5 Å². The monoisotopic (exact) mass is 296 g/mol. The predicted octanol–water partition coefficient (Wildman–Crippen LogP) is 3.03. The molecule has 1 unspecified atom stereocenters. The Bertz CT molecular complexity index is 535. The van der Waals surface area contributed by atoms with Gasteiger partial charge in [0.2, 0.25) is 10.0 Å². The van der Waals surface area contributed by atoms with E-state index in [-0.39, 0.29) is 11.8 Å². The van der Waals surface area contributed by atoms with Gasteiger partial charge in [-0.1, -0.05) is 31.4 Å². The third-order valence-electron chi connectivity index (χ3n) is 3.87. The van der Waals surface area contributed by atoms with E-state index >= 15 is 0 Å². The molecule has 0 amide bonds. The smallest absolute Gasteiger partial charge is 0.232 e. The fraction of sp³-hybridized carbons (Fsp3) is 0.600. The van der Waals surface area contributed by atoms with Gasteiger partial charge in [-0.3, -0.25) is 4.72 Å². The molecule has 2 rings (SSSR count). The summed E-state index contributed by atoms with van der Waals surface area (Å²) in [5, 5.41) is 0. The van der Waals surface area contributed by atoms with Gasteiger partial charge in [0.1, 0.15) is 0 Å². The number of nitrogens with one attached hydrogen (secondary N) is 1. The van der Waals surface area contributed by atoms with Crippen molar-refractivity contribution in [2.24, 2.45) is 11.7 Å². The number of nitrogens with two attached hydrogens (primary N) is 1. The maximum Gasteiger partial charge on any atom is 0.232 e. The Morgan fingerprint density at radius 1 is 1.30 bits per heavy atom. The summed E-state index contributed by atoms with van der Waals surface area (Å²) >= 11 is 0. The molecule has 3 N–H and O–H groups in total. The van der Waals surface area contributed by atoms with Gasteiger partial charge in [0, 0.05) is 11.7 Å². The van der Waals surface area contributed by atoms with Crippen molar-refractivity contribution in [2.75, 3.05) is 10.5 Å². The zero-order valence-electron chi connectivity index (χ0n) is 12.0. The summed E-state index contributed by atoms with van der Waals surface area (Å²) in [7, 11) is -3.27. The van der Waals surface area contributed by atoms with Gasteiger partial charge in [-0.05, 0) is 43.4 Å². The lowest BCUT2D eigenvalue weighted by Gasteiger charge is -2.21. The van der Waals surface area contributed by atoms with Crippen molar-refractivity contribution >= 4 is 15.7 Å². The lowest BCUT2D eigenvalue weighted by molar-refractivity contribution is 0.385. The summed E-state index contributed by atoms with van der Waals surface area (Å²) in [4.78, 5) is 0. The van der Waals surface area contributed by atoms with Crippen LogP contribution in [0.3, 0.4) is 0 Å². The van der Waals surface area contributed by atoms with Crippen LogP contribution in [0.4, 0.5) is 5.69 Å². The van der Waals surface area contributed by atoms with E-state index in [1.165, 1.54) is 6.42 Å². The number of sulfonamides is 1. The summed E-state index contributed by atoms with van der Waals surface area (Å²) in [6, 6.07) is 7.21. The number of hydrogen-bond acceptors (Lipinski definition) is 3. The maximum atomic E-state index is 12.2. The molecular weight excluding hydrogens is 272 g/mol. The second kappa shape index (κ2) is 6.59. The molecule has 0 aromatic heterocycles. The Morgan fingerprint density at radius 3 is 2.65 bits per heavy atom. The largest absolute Gasteiger partial charge is 0.324 e. The molecule has 1 aliphatic rings. The lowest BCUT2D eigenvalue weighted by atomic mass is 9.91. The predicted molar refractivity (Wildman–Crippen MR) is 83.0 cm³/mol. The molecule has 1 aromatic carbocycles. The van der Waals surface area contributed by atoms with Gasteiger partial charge in [-0.15, -0.1) is 0 Å². The Morgan fingerprint density at radius 2 is 2.00 bits per heavy atom. The molecule has 4 nitrogen and oxygen atoms in total. The molecule has 0 saturated heterocycles. The first kappa shape index (κ1) is 15.3. The normalized spacial score (nSPS) is 18.7. The molecule has 20 heavy (non-hydrogen) atoms. The topological polar surface area (TPSA) is 72.2 Å². The highest BCUT2D eigenvalue weighted by Crippen LogP contribution is 2.25. The van der Waals surface area contributed by atoms with E-state index in [0.29, 0.717) is 11.6 Å². The van der Waals surface area contributed by atoms with E-state index in [1.807, 2.05) is 25.1 Å². The summed E-state index contributed by atoms with van der Waals surface area (Å²) in [6.45, 7) is 1.88. The standard InChI is InChI=1S/C15H24N2O2S/c1-12(16)14-8-5-9-15(10-14)17-20(18,19)11-13-6-3-2-4-7-13/h5,8-10,12-13,17H,2-4,6-7,11,16H2,1H3. The van der Waals surface area contributed by atoms with Gasteiger partial charge in [-0.25, -0.2) is 8.42 Å². The van der Waals surface area contributed by atoms with Gasteiger partial charge in [0.05, 0.1) is 5.75 Å². The van der Waals surface area contributed by atoms with Crippen molar-refractivity contribution in [3.05, 3.63) is 29.8 Å². The van der Waals surface area contributed by atoms with Gasteiger partial charge in [0.15, 0.2) is 0 Å². The molecule has 112 valence electrons. The first-order valence-corrected chi connectivity index (χ1v) is 8.97. The average Bonchev–Trinajstić information content (AvgIpc) is 2.39. The quantitative estimate of drug-likeness (QED) is 0.877. The molecule has 5 heteroatoms. The second-order valence-electron chi connectivity index (χ2n) is 5.80. The van der Waals surface area contributed by atoms with E-state index in [4.69, 9.17) is 5.73 Å². The minimum absolute atomic E-state index is 0.0993. The summed E-state index contributed by atoms with van der Waals surface area (Å²) in [5.74, 6) is 0.535. The zero-order chi connectivity index (χ0) is 14.6. The van der Waals surface area contributed by atoms with E-state index in [1.54, 1.807) is 6.07 Å². The summed E-state index contributed by atoms with van der Waals surface area (Å²) < 4.78 is 27.1. The Labute approximate surface area is 121 Å². The van der Waals surface area contributed by atoms with E-state index in [9.17, 15) is 8.42 Å². The molecule has 1 fully saturated rings. The van der Waals surface area contributed by atoms with E-state index in [0.717, 1.165) is 31.2 Å². The highest BCUT2D eigenvalue weighted by molar-refractivity contribution is 7.92. The highest BCUT2D eigenvalue weighted by atomic mass is 32.2. The molecule has 1 aromatic rings. The molecule has 0 heterocycles. The van der Waals surface area contributed by atoms with Crippen molar-refractivity contribution in [1.29, 1.82) is 0 Å². The van der Waals surface area contributed by atoms with Gasteiger partial charge >= 0.3 is 0 Å². The Balaban J connectivity index is 2.02.